The van der Waals surface area contributed by atoms with Crippen LogP contribution in [0.2, 0.25) is 0 Å². The molecule has 0 unspecified atom stereocenters. The second-order valence-corrected chi connectivity index (χ2v) is 7.61. The Kier molecular flexibility index (Phi) is 4.80. The van der Waals surface area contributed by atoms with Crippen LogP contribution in [0.3, 0.4) is 0 Å². The first kappa shape index (κ1) is 20.0. The van der Waals surface area contributed by atoms with Crippen LogP contribution in [0.15, 0.2) is 71.8 Å². The van der Waals surface area contributed by atoms with Gasteiger partial charge >= 0.3 is 6.18 Å². The number of hydrogen-bond donors (Lipinski definition) is 1. The number of H-pyrrole nitrogens is 1. The molecule has 6 nitrogen and oxygen atoms in total. The Hall–Kier alpha value is -3.88. The number of hydrogen-bond acceptors (Lipinski definition) is 4. The predicted molar refractivity (Wildman–Crippen MR) is 116 cm³/mol. The minimum Gasteiger partial charge on any atom is -0.348 e. The number of fused-ring (bicyclic) bond motifs is 1. The minimum absolute atomic E-state index is 0.147. The van der Waals surface area contributed by atoms with Crippen molar-refractivity contribution in [1.82, 2.24) is 20.0 Å². The van der Waals surface area contributed by atoms with E-state index in [2.05, 4.69) is 26.3 Å². The molecule has 2 aromatic heterocycles. The van der Waals surface area contributed by atoms with Crippen LogP contribution in [0.5, 0.6) is 0 Å². The Bertz CT molecular complexity index is 1370. The molecule has 32 heavy (non-hydrogen) atoms. The molecular formula is C23H18F3N5O. The van der Waals surface area contributed by atoms with Crippen molar-refractivity contribution in [3.05, 3.63) is 77.4 Å². The summed E-state index contributed by atoms with van der Waals surface area (Å²) in [7, 11) is 0. The highest BCUT2D eigenvalue weighted by molar-refractivity contribution is 5.84. The molecule has 0 spiro atoms. The lowest BCUT2D eigenvalue weighted by Crippen LogP contribution is -2.31. The molecule has 0 amide bonds. The van der Waals surface area contributed by atoms with E-state index in [-0.39, 0.29) is 5.56 Å². The summed E-state index contributed by atoms with van der Waals surface area (Å²) >= 11 is 0. The average Bonchev–Trinajstić information content (AvgIpc) is 3.46. The molecule has 0 saturated carbocycles. The van der Waals surface area contributed by atoms with Gasteiger partial charge in [0.05, 0.1) is 23.0 Å². The monoisotopic (exact) mass is 437 g/mol. The fourth-order valence-electron chi connectivity index (χ4n) is 3.81. The van der Waals surface area contributed by atoms with Crippen molar-refractivity contribution in [2.75, 3.05) is 11.4 Å². The van der Waals surface area contributed by atoms with E-state index in [1.807, 2.05) is 18.3 Å². The summed E-state index contributed by atoms with van der Waals surface area (Å²) in [5.74, 6) is 0. The number of nitrogens with zero attached hydrogens (tertiary/aromatic N) is 4. The number of nitrogens with one attached hydrogen (secondary N) is 1. The normalized spacial score (nSPS) is 13.9. The van der Waals surface area contributed by atoms with Crippen LogP contribution >= 0.6 is 0 Å². The highest BCUT2D eigenvalue weighted by Crippen LogP contribution is 2.28. The van der Waals surface area contributed by atoms with Crippen molar-refractivity contribution < 1.29 is 13.2 Å². The Morgan fingerprint density at radius 3 is 2.53 bits per heavy atom. The number of anilines is 1. The number of alkyl halides is 3. The molecule has 5 rings (SSSR count). The molecule has 3 heterocycles. The molecule has 2 aromatic carbocycles. The van der Waals surface area contributed by atoms with Gasteiger partial charge < -0.3 is 4.90 Å². The van der Waals surface area contributed by atoms with Crippen molar-refractivity contribution >= 4 is 16.6 Å². The van der Waals surface area contributed by atoms with Crippen molar-refractivity contribution in [3.8, 4) is 22.4 Å². The molecule has 1 aliphatic heterocycles. The lowest BCUT2D eigenvalue weighted by atomic mass is 10.0. The van der Waals surface area contributed by atoms with Crippen molar-refractivity contribution in [2.45, 2.75) is 19.1 Å². The molecule has 1 N–H and O–H groups in total. The molecule has 0 bridgehead atoms. The summed E-state index contributed by atoms with van der Waals surface area (Å²) in [6.45, 7) is -0.577. The fourth-order valence-corrected chi connectivity index (χ4v) is 3.81. The second kappa shape index (κ2) is 7.67. The molecule has 1 aliphatic rings. The zero-order valence-corrected chi connectivity index (χ0v) is 16.8. The van der Waals surface area contributed by atoms with E-state index in [0.717, 1.165) is 29.6 Å². The SMILES string of the molecule is O=c1c(-c2ccc3[nH]ncc3c2)cc(-c2ccc(N3C=CCC3)cc2)nn1CC(F)(F)F. The Morgan fingerprint density at radius 2 is 1.81 bits per heavy atom. The Balaban J connectivity index is 1.61. The summed E-state index contributed by atoms with van der Waals surface area (Å²) < 4.78 is 40.0. The maximum Gasteiger partial charge on any atom is 0.408 e. The molecule has 4 aromatic rings. The van der Waals surface area contributed by atoms with Crippen molar-refractivity contribution in [1.29, 1.82) is 0 Å². The van der Waals surface area contributed by atoms with Gasteiger partial charge in [-0.15, -0.1) is 0 Å². The molecule has 0 atom stereocenters. The van der Waals surface area contributed by atoms with Crippen LogP contribution in [-0.2, 0) is 6.54 Å². The Labute approximate surface area is 180 Å². The van der Waals surface area contributed by atoms with Crippen LogP contribution in [-0.4, -0.2) is 32.7 Å². The second-order valence-electron chi connectivity index (χ2n) is 7.61. The van der Waals surface area contributed by atoms with E-state index in [9.17, 15) is 18.0 Å². The van der Waals surface area contributed by atoms with Gasteiger partial charge in [-0.05, 0) is 42.3 Å². The van der Waals surface area contributed by atoms with Gasteiger partial charge in [-0.1, -0.05) is 24.3 Å². The quantitative estimate of drug-likeness (QED) is 0.501. The van der Waals surface area contributed by atoms with Crippen LogP contribution in [0.25, 0.3) is 33.3 Å². The zero-order chi connectivity index (χ0) is 22.3. The van der Waals surface area contributed by atoms with Gasteiger partial charge in [0, 0.05) is 29.4 Å². The number of halogens is 3. The average molecular weight is 437 g/mol. The van der Waals surface area contributed by atoms with Crippen LogP contribution in [0.4, 0.5) is 18.9 Å². The van der Waals surface area contributed by atoms with E-state index >= 15 is 0 Å². The summed E-state index contributed by atoms with van der Waals surface area (Å²) in [5, 5.41) is 11.6. The maximum atomic E-state index is 13.2. The first-order valence-corrected chi connectivity index (χ1v) is 10.0. The number of aromatic amines is 1. The number of benzene rings is 2. The predicted octanol–water partition coefficient (Wildman–Crippen LogP) is 4.74. The smallest absolute Gasteiger partial charge is 0.348 e. The Morgan fingerprint density at radius 1 is 1.03 bits per heavy atom. The van der Waals surface area contributed by atoms with E-state index in [4.69, 9.17) is 0 Å². The van der Waals surface area contributed by atoms with Crippen molar-refractivity contribution in [3.63, 3.8) is 0 Å². The molecule has 0 radical (unpaired) electrons. The lowest BCUT2D eigenvalue weighted by Gasteiger charge is -2.16. The topological polar surface area (TPSA) is 66.8 Å². The first-order chi connectivity index (χ1) is 15.4. The van der Waals surface area contributed by atoms with E-state index in [0.29, 0.717) is 21.5 Å². The van der Waals surface area contributed by atoms with Gasteiger partial charge in [0.1, 0.15) is 6.54 Å². The molecule has 0 saturated heterocycles. The molecule has 0 fully saturated rings. The summed E-state index contributed by atoms with van der Waals surface area (Å²) in [6, 6.07) is 14.1. The highest BCUT2D eigenvalue weighted by Gasteiger charge is 2.30. The molecule has 0 aliphatic carbocycles. The first-order valence-electron chi connectivity index (χ1n) is 10.0. The van der Waals surface area contributed by atoms with Gasteiger partial charge in [0.25, 0.3) is 5.56 Å². The molecule has 9 heteroatoms. The lowest BCUT2D eigenvalue weighted by molar-refractivity contribution is -0.143. The van der Waals surface area contributed by atoms with Gasteiger partial charge in [-0.25, -0.2) is 4.68 Å². The number of aromatic nitrogens is 4. The standard InChI is InChI=1S/C23H18F3N5O/c24-23(25,26)14-31-22(32)19(16-5-8-20-17(11-16)13-27-28-20)12-21(29-31)15-3-6-18(7-4-15)30-9-1-2-10-30/h1,3-9,11-13H,2,10,14H2,(H,27,28). The third kappa shape index (κ3) is 3.89. The highest BCUT2D eigenvalue weighted by atomic mass is 19.4. The van der Waals surface area contributed by atoms with Gasteiger partial charge in [-0.2, -0.15) is 23.4 Å². The fraction of sp³-hybridized carbons (Fsp3) is 0.174. The summed E-state index contributed by atoms with van der Waals surface area (Å²) in [5.41, 5.74) is 2.52. The van der Waals surface area contributed by atoms with Crippen LogP contribution in [0.1, 0.15) is 6.42 Å². The van der Waals surface area contributed by atoms with Gasteiger partial charge in [-0.3, -0.25) is 9.89 Å². The zero-order valence-electron chi connectivity index (χ0n) is 16.8. The largest absolute Gasteiger partial charge is 0.408 e. The van der Waals surface area contributed by atoms with Crippen molar-refractivity contribution in [2.24, 2.45) is 0 Å². The van der Waals surface area contributed by atoms with Crippen LogP contribution in [0, 0.1) is 0 Å². The molecular weight excluding hydrogens is 419 g/mol. The van der Waals surface area contributed by atoms with Crippen LogP contribution < -0.4 is 10.5 Å². The van der Waals surface area contributed by atoms with Gasteiger partial charge in [0.15, 0.2) is 0 Å². The third-order valence-electron chi connectivity index (χ3n) is 5.37. The molecule has 162 valence electrons. The van der Waals surface area contributed by atoms with Gasteiger partial charge in [0.2, 0.25) is 0 Å². The third-order valence-corrected chi connectivity index (χ3v) is 5.37. The summed E-state index contributed by atoms with van der Waals surface area (Å²) in [6.07, 6.45) is 2.07. The number of rotatable bonds is 4. The van der Waals surface area contributed by atoms with E-state index < -0.39 is 18.3 Å². The van der Waals surface area contributed by atoms with E-state index in [1.54, 1.807) is 42.6 Å². The maximum absolute atomic E-state index is 13.2. The van der Waals surface area contributed by atoms with E-state index in [1.165, 1.54) is 0 Å². The summed E-state index contributed by atoms with van der Waals surface area (Å²) in [4.78, 5) is 15.0. The minimum atomic E-state index is -4.58.